The first-order valence-corrected chi connectivity index (χ1v) is 10.9. The Hall–Kier alpha value is -2.72. The molecule has 30 heavy (non-hydrogen) atoms. The van der Waals surface area contributed by atoms with Gasteiger partial charge in [0.1, 0.15) is 0 Å². The number of carbonyl (C=O) groups is 2. The van der Waals surface area contributed by atoms with Crippen molar-refractivity contribution in [1.29, 1.82) is 0 Å². The molecule has 0 saturated heterocycles. The van der Waals surface area contributed by atoms with Crippen molar-refractivity contribution in [2.75, 3.05) is 29.5 Å². The number of ether oxygens (including phenoxy) is 1. The van der Waals surface area contributed by atoms with E-state index >= 15 is 0 Å². The highest BCUT2D eigenvalue weighted by atomic mass is 35.5. The molecule has 1 N–H and O–H groups in total. The molecule has 7 nitrogen and oxygen atoms in total. The third kappa shape index (κ3) is 6.14. The van der Waals surface area contributed by atoms with Crippen LogP contribution in [0.3, 0.4) is 0 Å². The number of benzene rings is 2. The SMILES string of the molecule is COC(=O)c1ccc(Cl)c(NC(=O)CCCN(c2ccc(F)c(F)c2)S(C)(=O)=O)c1. The second-order valence-electron chi connectivity index (χ2n) is 6.27. The summed E-state index contributed by atoms with van der Waals surface area (Å²) < 4.78 is 56.1. The summed E-state index contributed by atoms with van der Waals surface area (Å²) in [7, 11) is -2.57. The first-order chi connectivity index (χ1) is 14.0. The number of rotatable bonds is 8. The molecule has 162 valence electrons. The second-order valence-corrected chi connectivity index (χ2v) is 8.59. The van der Waals surface area contributed by atoms with E-state index in [0.717, 1.165) is 28.8 Å². The predicted molar refractivity (Wildman–Crippen MR) is 109 cm³/mol. The maximum Gasteiger partial charge on any atom is 0.337 e. The third-order valence-corrected chi connectivity index (χ3v) is 5.54. The lowest BCUT2D eigenvalue weighted by atomic mass is 10.2. The summed E-state index contributed by atoms with van der Waals surface area (Å²) in [6.07, 6.45) is 0.924. The molecular weight excluding hydrogens is 442 g/mol. The summed E-state index contributed by atoms with van der Waals surface area (Å²) in [5.41, 5.74) is 0.342. The molecule has 0 bridgehead atoms. The Morgan fingerprint density at radius 1 is 1.13 bits per heavy atom. The number of sulfonamides is 1. The Morgan fingerprint density at radius 2 is 1.83 bits per heavy atom. The molecule has 2 aromatic carbocycles. The average molecular weight is 461 g/mol. The zero-order valence-electron chi connectivity index (χ0n) is 16.1. The van der Waals surface area contributed by atoms with Gasteiger partial charge in [-0.25, -0.2) is 22.0 Å². The number of esters is 1. The van der Waals surface area contributed by atoms with Gasteiger partial charge in [-0.1, -0.05) is 11.6 Å². The molecule has 0 fully saturated rings. The van der Waals surface area contributed by atoms with Crippen LogP contribution in [0.4, 0.5) is 20.2 Å². The number of nitrogens with one attached hydrogen (secondary N) is 1. The van der Waals surface area contributed by atoms with E-state index in [1.165, 1.54) is 25.3 Å². The predicted octanol–water partition coefficient (Wildman–Crippen LogP) is 3.59. The van der Waals surface area contributed by atoms with Crippen molar-refractivity contribution in [2.24, 2.45) is 0 Å². The molecule has 0 radical (unpaired) electrons. The van der Waals surface area contributed by atoms with Gasteiger partial charge in [-0.3, -0.25) is 9.10 Å². The molecule has 1 amide bonds. The van der Waals surface area contributed by atoms with Crippen LogP contribution in [0, 0.1) is 11.6 Å². The normalized spacial score (nSPS) is 11.1. The van der Waals surface area contributed by atoms with Crippen molar-refractivity contribution >= 4 is 44.9 Å². The summed E-state index contributed by atoms with van der Waals surface area (Å²) in [4.78, 5) is 23.8. The number of hydrogen-bond donors (Lipinski definition) is 1. The van der Waals surface area contributed by atoms with Gasteiger partial charge in [0.2, 0.25) is 15.9 Å². The maximum absolute atomic E-state index is 13.5. The Bertz CT molecular complexity index is 1060. The van der Waals surface area contributed by atoms with Crippen LogP contribution in [-0.2, 0) is 19.6 Å². The minimum absolute atomic E-state index is 0.0503. The van der Waals surface area contributed by atoms with Crippen LogP contribution in [0.2, 0.25) is 5.02 Å². The van der Waals surface area contributed by atoms with Gasteiger partial charge in [-0.05, 0) is 36.8 Å². The molecule has 0 aliphatic carbocycles. The number of methoxy groups -OCH3 is 1. The van der Waals surface area contributed by atoms with Crippen molar-refractivity contribution in [3.8, 4) is 0 Å². The van der Waals surface area contributed by atoms with Crippen molar-refractivity contribution in [2.45, 2.75) is 12.8 Å². The number of carbonyl (C=O) groups excluding carboxylic acids is 2. The van der Waals surface area contributed by atoms with E-state index in [-0.39, 0.29) is 41.3 Å². The van der Waals surface area contributed by atoms with Gasteiger partial charge in [0, 0.05) is 19.0 Å². The van der Waals surface area contributed by atoms with E-state index in [0.29, 0.717) is 0 Å². The van der Waals surface area contributed by atoms with Crippen LogP contribution in [0.1, 0.15) is 23.2 Å². The lowest BCUT2D eigenvalue weighted by Crippen LogP contribution is -2.31. The fourth-order valence-electron chi connectivity index (χ4n) is 2.59. The second kappa shape index (κ2) is 9.86. The molecule has 0 unspecified atom stereocenters. The van der Waals surface area contributed by atoms with Gasteiger partial charge in [0.25, 0.3) is 0 Å². The fraction of sp³-hybridized carbons (Fsp3) is 0.263. The van der Waals surface area contributed by atoms with Crippen molar-refractivity contribution in [1.82, 2.24) is 0 Å². The average Bonchev–Trinajstić information content (AvgIpc) is 2.67. The first kappa shape index (κ1) is 23.6. The van der Waals surface area contributed by atoms with E-state index in [4.69, 9.17) is 11.6 Å². The molecule has 2 rings (SSSR count). The summed E-state index contributed by atoms with van der Waals surface area (Å²) in [6.45, 7) is -0.132. The lowest BCUT2D eigenvalue weighted by molar-refractivity contribution is -0.116. The molecule has 0 atom stereocenters. The van der Waals surface area contributed by atoms with Crippen LogP contribution in [0.5, 0.6) is 0 Å². The third-order valence-electron chi connectivity index (χ3n) is 4.02. The summed E-state index contributed by atoms with van der Waals surface area (Å²) in [5, 5.41) is 2.75. The highest BCUT2D eigenvalue weighted by Crippen LogP contribution is 2.24. The highest BCUT2D eigenvalue weighted by molar-refractivity contribution is 7.92. The number of hydrogen-bond acceptors (Lipinski definition) is 5. The van der Waals surface area contributed by atoms with E-state index in [1.807, 2.05) is 0 Å². The van der Waals surface area contributed by atoms with Crippen LogP contribution < -0.4 is 9.62 Å². The Labute approximate surface area is 177 Å². The summed E-state index contributed by atoms with van der Waals surface area (Å²) in [5.74, 6) is -3.35. The number of amides is 1. The van der Waals surface area contributed by atoms with Crippen molar-refractivity contribution in [3.05, 3.63) is 58.6 Å². The summed E-state index contributed by atoms with van der Waals surface area (Å²) >= 11 is 6.02. The largest absolute Gasteiger partial charge is 0.465 e. The van der Waals surface area contributed by atoms with Gasteiger partial charge in [-0.2, -0.15) is 0 Å². The van der Waals surface area contributed by atoms with Crippen LogP contribution in [0.15, 0.2) is 36.4 Å². The Balaban J connectivity index is 2.04. The number of anilines is 2. The van der Waals surface area contributed by atoms with E-state index in [9.17, 15) is 26.8 Å². The maximum atomic E-state index is 13.5. The van der Waals surface area contributed by atoms with E-state index in [1.54, 1.807) is 0 Å². The van der Waals surface area contributed by atoms with Crippen LogP contribution in [-0.4, -0.2) is 40.2 Å². The Kier molecular flexibility index (Phi) is 7.74. The van der Waals surface area contributed by atoms with Crippen molar-refractivity contribution in [3.63, 3.8) is 0 Å². The molecule has 11 heteroatoms. The quantitative estimate of drug-likeness (QED) is 0.608. The van der Waals surface area contributed by atoms with Crippen LogP contribution >= 0.6 is 11.6 Å². The molecule has 0 spiro atoms. The van der Waals surface area contributed by atoms with Crippen molar-refractivity contribution < 1.29 is 31.5 Å². The van der Waals surface area contributed by atoms with E-state index in [2.05, 4.69) is 10.1 Å². The Morgan fingerprint density at radius 3 is 2.43 bits per heavy atom. The molecule has 0 saturated carbocycles. The smallest absolute Gasteiger partial charge is 0.337 e. The van der Waals surface area contributed by atoms with Gasteiger partial charge < -0.3 is 10.1 Å². The first-order valence-electron chi connectivity index (χ1n) is 8.63. The van der Waals surface area contributed by atoms with Gasteiger partial charge in [0.05, 0.1) is 35.3 Å². The summed E-state index contributed by atoms with van der Waals surface area (Å²) in [6, 6.07) is 6.96. The van der Waals surface area contributed by atoms with Gasteiger partial charge in [0.15, 0.2) is 11.6 Å². The number of halogens is 3. The molecule has 2 aromatic rings. The minimum atomic E-state index is -3.79. The topological polar surface area (TPSA) is 92.8 Å². The van der Waals surface area contributed by atoms with E-state index < -0.39 is 33.5 Å². The monoisotopic (exact) mass is 460 g/mol. The highest BCUT2D eigenvalue weighted by Gasteiger charge is 2.19. The standard InChI is InChI=1S/C19H19ClF2N2O5S/c1-29-19(26)12-5-7-14(20)17(10-12)23-18(25)4-3-9-24(30(2,27)28)13-6-8-15(21)16(22)11-13/h5-8,10-11H,3-4,9H2,1-2H3,(H,23,25). The molecule has 0 heterocycles. The number of nitrogens with zero attached hydrogens (tertiary/aromatic N) is 1. The zero-order valence-corrected chi connectivity index (χ0v) is 17.7. The zero-order chi connectivity index (χ0) is 22.5. The molecule has 0 aliphatic heterocycles. The molecular formula is C19H19ClF2N2O5S. The molecule has 0 aliphatic rings. The van der Waals surface area contributed by atoms with Gasteiger partial charge in [-0.15, -0.1) is 0 Å². The fourth-order valence-corrected chi connectivity index (χ4v) is 3.71. The van der Waals surface area contributed by atoms with Gasteiger partial charge >= 0.3 is 5.97 Å². The lowest BCUT2D eigenvalue weighted by Gasteiger charge is -2.22. The minimum Gasteiger partial charge on any atom is -0.465 e. The van der Waals surface area contributed by atoms with Crippen LogP contribution in [0.25, 0.3) is 0 Å². The molecule has 0 aromatic heterocycles.